The van der Waals surface area contributed by atoms with Gasteiger partial charge in [0.2, 0.25) is 11.8 Å². The second kappa shape index (κ2) is 9.09. The highest BCUT2D eigenvalue weighted by molar-refractivity contribution is 5.86. The van der Waals surface area contributed by atoms with Crippen LogP contribution in [0.1, 0.15) is 22.9 Å². The van der Waals surface area contributed by atoms with Crippen LogP contribution in [0.3, 0.4) is 0 Å². The van der Waals surface area contributed by atoms with Crippen molar-refractivity contribution in [2.75, 3.05) is 6.54 Å². The number of rotatable bonds is 7. The smallest absolute Gasteiger partial charge is 0.240 e. The highest BCUT2D eigenvalue weighted by Gasteiger charge is 2.21. The van der Waals surface area contributed by atoms with Gasteiger partial charge in [0, 0.05) is 5.39 Å². The molecule has 1 heterocycles. The molecule has 0 aliphatic carbocycles. The molecule has 4 aromatic rings. The van der Waals surface area contributed by atoms with Crippen molar-refractivity contribution >= 4 is 22.8 Å². The number of nitrogens with one attached hydrogen (secondary N) is 2. The summed E-state index contributed by atoms with van der Waals surface area (Å²) in [5, 5.41) is 6.64. The summed E-state index contributed by atoms with van der Waals surface area (Å²) in [6.07, 6.45) is 0.236. The first kappa shape index (κ1) is 19.5. The van der Waals surface area contributed by atoms with Crippen molar-refractivity contribution in [3.05, 3.63) is 108 Å². The van der Waals surface area contributed by atoms with E-state index in [4.69, 9.17) is 4.42 Å². The van der Waals surface area contributed by atoms with Crippen LogP contribution in [0.5, 0.6) is 0 Å². The van der Waals surface area contributed by atoms with E-state index in [2.05, 4.69) is 10.6 Å². The largest absolute Gasteiger partial charge is 0.459 e. The van der Waals surface area contributed by atoms with Crippen LogP contribution >= 0.6 is 0 Å². The lowest BCUT2D eigenvalue weighted by molar-refractivity contribution is -0.126. The molecule has 5 nitrogen and oxygen atoms in total. The van der Waals surface area contributed by atoms with E-state index in [0.29, 0.717) is 5.76 Å². The van der Waals surface area contributed by atoms with E-state index in [-0.39, 0.29) is 24.8 Å². The molecule has 3 aromatic carbocycles. The summed E-state index contributed by atoms with van der Waals surface area (Å²) in [6.45, 7) is -0.102. The molecule has 0 saturated carbocycles. The summed E-state index contributed by atoms with van der Waals surface area (Å²) in [7, 11) is 0. The average molecular weight is 398 g/mol. The molecule has 4 rings (SSSR count). The Bertz CT molecular complexity index is 1100. The summed E-state index contributed by atoms with van der Waals surface area (Å²) >= 11 is 0. The van der Waals surface area contributed by atoms with Gasteiger partial charge in [0.15, 0.2) is 0 Å². The normalized spacial score (nSPS) is 11.7. The highest BCUT2D eigenvalue weighted by Crippen LogP contribution is 2.28. The Labute approximate surface area is 174 Å². The zero-order chi connectivity index (χ0) is 20.8. The predicted molar refractivity (Wildman–Crippen MR) is 116 cm³/mol. The number of hydrogen-bond donors (Lipinski definition) is 2. The van der Waals surface area contributed by atoms with Crippen molar-refractivity contribution in [2.24, 2.45) is 0 Å². The molecule has 5 heteroatoms. The molecular formula is C25H22N2O3. The van der Waals surface area contributed by atoms with Gasteiger partial charge in [-0.1, -0.05) is 78.9 Å². The molecule has 0 aliphatic heterocycles. The zero-order valence-electron chi connectivity index (χ0n) is 16.4. The maximum Gasteiger partial charge on any atom is 0.240 e. The van der Waals surface area contributed by atoms with Crippen LogP contribution < -0.4 is 10.6 Å². The van der Waals surface area contributed by atoms with Crippen LogP contribution in [-0.4, -0.2) is 18.4 Å². The Morgan fingerprint density at radius 3 is 2.20 bits per heavy atom. The molecule has 1 atom stereocenters. The lowest BCUT2D eigenvalue weighted by Crippen LogP contribution is -2.39. The summed E-state index contributed by atoms with van der Waals surface area (Å²) in [4.78, 5) is 24.8. The van der Waals surface area contributed by atoms with Crippen molar-refractivity contribution in [3.63, 3.8) is 0 Å². The zero-order valence-corrected chi connectivity index (χ0v) is 16.4. The minimum atomic E-state index is -0.447. The fourth-order valence-electron chi connectivity index (χ4n) is 3.34. The topological polar surface area (TPSA) is 71.3 Å². The van der Waals surface area contributed by atoms with Crippen molar-refractivity contribution in [3.8, 4) is 0 Å². The first-order chi connectivity index (χ1) is 14.7. The van der Waals surface area contributed by atoms with Crippen LogP contribution in [0.25, 0.3) is 11.0 Å². The number of amides is 2. The number of benzene rings is 3. The molecule has 2 amide bonds. The number of carbonyl (C=O) groups excluding carboxylic acids is 2. The van der Waals surface area contributed by atoms with Gasteiger partial charge >= 0.3 is 0 Å². The first-order valence-electron chi connectivity index (χ1n) is 9.82. The van der Waals surface area contributed by atoms with Gasteiger partial charge in [-0.15, -0.1) is 0 Å². The number of para-hydroxylation sites is 1. The molecule has 1 unspecified atom stereocenters. The van der Waals surface area contributed by atoms with Gasteiger partial charge in [-0.05, 0) is 23.3 Å². The van der Waals surface area contributed by atoms with E-state index in [1.165, 1.54) is 0 Å². The van der Waals surface area contributed by atoms with Crippen LogP contribution in [-0.2, 0) is 16.0 Å². The monoisotopic (exact) mass is 398 g/mol. The molecule has 30 heavy (non-hydrogen) atoms. The average Bonchev–Trinajstić information content (AvgIpc) is 3.21. The SMILES string of the molecule is O=C(Cc1ccccc1)NCC(=O)NC(c1ccccc1)c1cc2ccccc2o1. The van der Waals surface area contributed by atoms with Crippen molar-refractivity contribution in [1.82, 2.24) is 10.6 Å². The molecule has 2 N–H and O–H groups in total. The Morgan fingerprint density at radius 1 is 0.800 bits per heavy atom. The third-order valence-electron chi connectivity index (χ3n) is 4.82. The van der Waals surface area contributed by atoms with Crippen LogP contribution in [0.15, 0.2) is 95.4 Å². The van der Waals surface area contributed by atoms with Crippen LogP contribution in [0, 0.1) is 0 Å². The fraction of sp³-hybridized carbons (Fsp3) is 0.120. The maximum atomic E-state index is 12.6. The van der Waals surface area contributed by atoms with E-state index in [9.17, 15) is 9.59 Å². The van der Waals surface area contributed by atoms with Gasteiger partial charge in [0.1, 0.15) is 17.4 Å². The van der Waals surface area contributed by atoms with Crippen molar-refractivity contribution < 1.29 is 14.0 Å². The molecule has 0 spiro atoms. The molecule has 0 aliphatic rings. The third-order valence-corrected chi connectivity index (χ3v) is 4.82. The lowest BCUT2D eigenvalue weighted by atomic mass is 10.0. The van der Waals surface area contributed by atoms with E-state index < -0.39 is 6.04 Å². The van der Waals surface area contributed by atoms with Crippen molar-refractivity contribution in [2.45, 2.75) is 12.5 Å². The van der Waals surface area contributed by atoms with Gasteiger partial charge in [-0.2, -0.15) is 0 Å². The molecule has 1 aromatic heterocycles. The molecule has 0 radical (unpaired) electrons. The number of carbonyl (C=O) groups is 2. The maximum absolute atomic E-state index is 12.6. The van der Waals surface area contributed by atoms with Crippen LogP contribution in [0.4, 0.5) is 0 Å². The van der Waals surface area contributed by atoms with E-state index >= 15 is 0 Å². The Kier molecular flexibility index (Phi) is 5.90. The Balaban J connectivity index is 1.45. The van der Waals surface area contributed by atoms with Gasteiger partial charge in [0.25, 0.3) is 0 Å². The molecule has 150 valence electrons. The minimum Gasteiger partial charge on any atom is -0.459 e. The lowest BCUT2D eigenvalue weighted by Gasteiger charge is -2.17. The molecule has 0 fully saturated rings. The quantitative estimate of drug-likeness (QED) is 0.494. The second-order valence-corrected chi connectivity index (χ2v) is 7.04. The van der Waals surface area contributed by atoms with Gasteiger partial charge in [-0.25, -0.2) is 0 Å². The number of hydrogen-bond acceptors (Lipinski definition) is 3. The Morgan fingerprint density at radius 2 is 1.47 bits per heavy atom. The van der Waals surface area contributed by atoms with Gasteiger partial charge in [0.05, 0.1) is 13.0 Å². The fourth-order valence-corrected chi connectivity index (χ4v) is 3.34. The standard InChI is InChI=1S/C25H22N2O3/c28-23(15-18-9-3-1-4-10-18)26-17-24(29)27-25(19-11-5-2-6-12-19)22-16-20-13-7-8-14-21(20)30-22/h1-14,16,25H,15,17H2,(H,26,28)(H,27,29). The van der Waals surface area contributed by atoms with Crippen molar-refractivity contribution in [1.29, 1.82) is 0 Å². The van der Waals surface area contributed by atoms with Gasteiger partial charge < -0.3 is 15.1 Å². The molecular weight excluding hydrogens is 376 g/mol. The number of furan rings is 1. The predicted octanol–water partition coefficient (Wildman–Crippen LogP) is 4.00. The van der Waals surface area contributed by atoms with E-state index in [1.807, 2.05) is 91.0 Å². The van der Waals surface area contributed by atoms with E-state index in [1.54, 1.807) is 0 Å². The van der Waals surface area contributed by atoms with Gasteiger partial charge in [-0.3, -0.25) is 9.59 Å². The first-order valence-corrected chi connectivity index (χ1v) is 9.82. The van der Waals surface area contributed by atoms with E-state index in [0.717, 1.165) is 22.1 Å². The summed E-state index contributed by atoms with van der Waals surface area (Å²) in [5.74, 6) is 0.161. The minimum absolute atomic E-state index is 0.102. The number of fused-ring (bicyclic) bond motifs is 1. The second-order valence-electron chi connectivity index (χ2n) is 7.04. The summed E-state index contributed by atoms with van der Waals surface area (Å²) in [5.41, 5.74) is 2.57. The Hall–Kier alpha value is -3.86. The molecule has 0 saturated heterocycles. The third kappa shape index (κ3) is 4.75. The summed E-state index contributed by atoms with van der Waals surface area (Å²) < 4.78 is 5.99. The summed E-state index contributed by atoms with van der Waals surface area (Å²) in [6, 6.07) is 28.3. The van der Waals surface area contributed by atoms with Crippen LogP contribution in [0.2, 0.25) is 0 Å². The highest BCUT2D eigenvalue weighted by atomic mass is 16.3. The molecule has 0 bridgehead atoms.